The van der Waals surface area contributed by atoms with Crippen molar-refractivity contribution in [3.63, 3.8) is 0 Å². The Hall–Kier alpha value is -1.52. The predicted molar refractivity (Wildman–Crippen MR) is 66.4 cm³/mol. The molecular weight excluding hydrogens is 269 g/mol. The number of para-hydroxylation sites is 1. The van der Waals surface area contributed by atoms with E-state index in [0.29, 0.717) is 11.8 Å². The second kappa shape index (κ2) is 4.79. The summed E-state index contributed by atoms with van der Waals surface area (Å²) < 4.78 is 41.1. The Morgan fingerprint density at radius 2 is 1.70 bits per heavy atom. The lowest BCUT2D eigenvalue weighted by Gasteiger charge is -2.12. The molecule has 0 spiro atoms. The fraction of sp³-hybridized carbons (Fsp3) is 0.533. The molecule has 2 aliphatic rings. The highest BCUT2D eigenvalue weighted by Crippen LogP contribution is 2.57. The van der Waals surface area contributed by atoms with Crippen molar-refractivity contribution in [1.82, 2.24) is 0 Å². The lowest BCUT2D eigenvalue weighted by Crippen LogP contribution is -2.19. The van der Waals surface area contributed by atoms with E-state index in [2.05, 4.69) is 4.74 Å². The molecule has 2 aliphatic carbocycles. The molecule has 0 heterocycles. The largest absolute Gasteiger partial charge is 0.573 e. The maximum atomic E-state index is 12.4. The Kier molecular flexibility index (Phi) is 3.22. The van der Waals surface area contributed by atoms with Gasteiger partial charge in [0.15, 0.2) is 5.78 Å². The number of alkyl halides is 3. The number of Topliss-reactive ketones (excluding diaryl/α,β-unsaturated/α-hetero) is 1. The SMILES string of the molecule is O=C(c1ccccc1OC(F)(F)F)C1C2CCCCC21. The molecule has 0 aliphatic heterocycles. The number of carbonyl (C=O) groups is 1. The maximum Gasteiger partial charge on any atom is 0.573 e. The van der Waals surface area contributed by atoms with Crippen LogP contribution in [0.3, 0.4) is 0 Å². The second-order valence-electron chi connectivity index (χ2n) is 5.55. The molecule has 2 nitrogen and oxygen atoms in total. The number of benzene rings is 1. The van der Waals surface area contributed by atoms with Gasteiger partial charge in [0.05, 0.1) is 5.56 Å². The number of ether oxygens (including phenoxy) is 1. The Morgan fingerprint density at radius 1 is 1.10 bits per heavy atom. The topological polar surface area (TPSA) is 26.3 Å². The van der Waals surface area contributed by atoms with Gasteiger partial charge < -0.3 is 4.74 Å². The van der Waals surface area contributed by atoms with Crippen LogP contribution < -0.4 is 4.74 Å². The van der Waals surface area contributed by atoms with Crippen molar-refractivity contribution >= 4 is 5.78 Å². The van der Waals surface area contributed by atoms with E-state index in [9.17, 15) is 18.0 Å². The summed E-state index contributed by atoms with van der Waals surface area (Å²) in [5.74, 6) is 0.0660. The van der Waals surface area contributed by atoms with Crippen molar-refractivity contribution in [2.24, 2.45) is 17.8 Å². The number of ketones is 1. The van der Waals surface area contributed by atoms with Gasteiger partial charge in [-0.25, -0.2) is 0 Å². The lowest BCUT2D eigenvalue weighted by molar-refractivity contribution is -0.274. The van der Waals surface area contributed by atoms with Crippen molar-refractivity contribution in [1.29, 1.82) is 0 Å². The molecule has 2 unspecified atom stereocenters. The standard InChI is InChI=1S/C15H15F3O2/c16-15(17,18)20-12-8-4-3-7-11(12)14(19)13-9-5-1-2-6-10(9)13/h3-4,7-10,13H,1-2,5-6H2. The van der Waals surface area contributed by atoms with Crippen LogP contribution in [0.25, 0.3) is 0 Å². The number of hydrogen-bond donors (Lipinski definition) is 0. The Labute approximate surface area is 114 Å². The van der Waals surface area contributed by atoms with Gasteiger partial charge in [0.2, 0.25) is 0 Å². The summed E-state index contributed by atoms with van der Waals surface area (Å²) in [5.41, 5.74) is 0.0595. The van der Waals surface area contributed by atoms with Gasteiger partial charge in [-0.1, -0.05) is 25.0 Å². The third-order valence-electron chi connectivity index (χ3n) is 4.34. The summed E-state index contributed by atoms with van der Waals surface area (Å²) in [4.78, 5) is 12.4. The minimum Gasteiger partial charge on any atom is -0.405 e. The van der Waals surface area contributed by atoms with E-state index in [-0.39, 0.29) is 23.0 Å². The summed E-state index contributed by atoms with van der Waals surface area (Å²) in [5, 5.41) is 0. The summed E-state index contributed by atoms with van der Waals surface area (Å²) in [6.45, 7) is 0. The van der Waals surface area contributed by atoms with Crippen LogP contribution in [0.1, 0.15) is 36.0 Å². The first kappa shape index (κ1) is 13.5. The molecule has 5 heteroatoms. The average Bonchev–Trinajstić information content (AvgIpc) is 3.11. The van der Waals surface area contributed by atoms with Crippen LogP contribution in [-0.2, 0) is 0 Å². The second-order valence-corrected chi connectivity index (χ2v) is 5.55. The van der Waals surface area contributed by atoms with Crippen LogP contribution in [0.2, 0.25) is 0 Å². The number of halogens is 3. The predicted octanol–water partition coefficient (Wildman–Crippen LogP) is 4.20. The summed E-state index contributed by atoms with van der Waals surface area (Å²) in [6, 6.07) is 5.64. The van der Waals surface area contributed by atoms with Crippen molar-refractivity contribution in [3.05, 3.63) is 29.8 Å². The van der Waals surface area contributed by atoms with Crippen molar-refractivity contribution in [2.45, 2.75) is 32.0 Å². The van der Waals surface area contributed by atoms with E-state index in [0.717, 1.165) is 25.7 Å². The average molecular weight is 284 g/mol. The quantitative estimate of drug-likeness (QED) is 0.777. The van der Waals surface area contributed by atoms with Gasteiger partial charge in [-0.05, 0) is 36.8 Å². The van der Waals surface area contributed by atoms with Crippen molar-refractivity contribution < 1.29 is 22.7 Å². The van der Waals surface area contributed by atoms with E-state index in [1.165, 1.54) is 18.2 Å². The van der Waals surface area contributed by atoms with Gasteiger partial charge in [0.1, 0.15) is 5.75 Å². The summed E-state index contributed by atoms with van der Waals surface area (Å²) >= 11 is 0. The zero-order chi connectivity index (χ0) is 14.3. The van der Waals surface area contributed by atoms with E-state index in [1.807, 2.05) is 0 Å². The maximum absolute atomic E-state index is 12.4. The van der Waals surface area contributed by atoms with Gasteiger partial charge in [0.25, 0.3) is 0 Å². The molecule has 0 amide bonds. The molecule has 0 bridgehead atoms. The Balaban J connectivity index is 1.81. The first-order valence-corrected chi connectivity index (χ1v) is 6.86. The van der Waals surface area contributed by atoms with Crippen LogP contribution in [0.15, 0.2) is 24.3 Å². The van der Waals surface area contributed by atoms with E-state index < -0.39 is 6.36 Å². The number of fused-ring (bicyclic) bond motifs is 1. The van der Waals surface area contributed by atoms with Crippen LogP contribution in [0.4, 0.5) is 13.2 Å². The lowest BCUT2D eigenvalue weighted by atomic mass is 10.0. The Bertz CT molecular complexity index is 512. The highest BCUT2D eigenvalue weighted by molar-refractivity contribution is 6.02. The number of carbonyl (C=O) groups excluding carboxylic acids is 1. The van der Waals surface area contributed by atoms with Gasteiger partial charge in [0, 0.05) is 5.92 Å². The van der Waals surface area contributed by atoms with Gasteiger partial charge >= 0.3 is 6.36 Å². The minimum absolute atomic E-state index is 0.0595. The van der Waals surface area contributed by atoms with E-state index >= 15 is 0 Å². The highest BCUT2D eigenvalue weighted by atomic mass is 19.4. The normalized spacial score (nSPS) is 28.6. The van der Waals surface area contributed by atoms with Crippen LogP contribution in [-0.4, -0.2) is 12.1 Å². The van der Waals surface area contributed by atoms with Gasteiger partial charge in [-0.3, -0.25) is 4.79 Å². The van der Waals surface area contributed by atoms with Crippen molar-refractivity contribution in [3.8, 4) is 5.75 Å². The third kappa shape index (κ3) is 2.53. The summed E-state index contributed by atoms with van der Waals surface area (Å²) in [7, 11) is 0. The highest BCUT2D eigenvalue weighted by Gasteiger charge is 2.55. The van der Waals surface area contributed by atoms with E-state index in [1.54, 1.807) is 6.07 Å². The first-order chi connectivity index (χ1) is 9.47. The third-order valence-corrected chi connectivity index (χ3v) is 4.34. The molecular formula is C15H15F3O2. The molecule has 2 saturated carbocycles. The van der Waals surface area contributed by atoms with E-state index in [4.69, 9.17) is 0 Å². The first-order valence-electron chi connectivity index (χ1n) is 6.86. The fourth-order valence-electron chi connectivity index (χ4n) is 3.44. The molecule has 0 radical (unpaired) electrons. The molecule has 2 atom stereocenters. The molecule has 1 aromatic carbocycles. The molecule has 1 aromatic rings. The zero-order valence-electron chi connectivity index (χ0n) is 10.8. The molecule has 20 heavy (non-hydrogen) atoms. The van der Waals surface area contributed by atoms with Crippen LogP contribution in [0.5, 0.6) is 5.75 Å². The van der Waals surface area contributed by atoms with Crippen molar-refractivity contribution in [2.75, 3.05) is 0 Å². The number of rotatable bonds is 3. The molecule has 3 rings (SSSR count). The zero-order valence-corrected chi connectivity index (χ0v) is 10.8. The molecule has 0 saturated heterocycles. The minimum atomic E-state index is -4.77. The monoisotopic (exact) mass is 284 g/mol. The molecule has 108 valence electrons. The number of hydrogen-bond acceptors (Lipinski definition) is 2. The fourth-order valence-corrected chi connectivity index (χ4v) is 3.44. The van der Waals surface area contributed by atoms with Crippen LogP contribution >= 0.6 is 0 Å². The Morgan fingerprint density at radius 3 is 2.30 bits per heavy atom. The molecule has 0 N–H and O–H groups in total. The smallest absolute Gasteiger partial charge is 0.405 e. The summed E-state index contributed by atoms with van der Waals surface area (Å²) in [6.07, 6.45) is -0.503. The molecule has 2 fully saturated rings. The molecule has 0 aromatic heterocycles. The van der Waals surface area contributed by atoms with Crippen LogP contribution in [0, 0.1) is 17.8 Å². The van der Waals surface area contributed by atoms with Gasteiger partial charge in [-0.2, -0.15) is 0 Å². The van der Waals surface area contributed by atoms with Gasteiger partial charge in [-0.15, -0.1) is 13.2 Å².